The Hall–Kier alpha value is -3.52. The molecule has 0 saturated heterocycles. The number of benzene rings is 4. The van der Waals surface area contributed by atoms with E-state index in [1.165, 1.54) is 43.7 Å². The van der Waals surface area contributed by atoms with Gasteiger partial charge in [-0.05, 0) is 17.7 Å². The summed E-state index contributed by atoms with van der Waals surface area (Å²) in [6, 6.07) is 29.9. The van der Waals surface area contributed by atoms with E-state index in [1.807, 2.05) is 12.1 Å². The summed E-state index contributed by atoms with van der Waals surface area (Å²) in [5, 5.41) is 4.90. The van der Waals surface area contributed by atoms with Crippen LogP contribution in [0.15, 0.2) is 89.3 Å². The summed E-state index contributed by atoms with van der Waals surface area (Å²) >= 11 is 0. The van der Waals surface area contributed by atoms with Crippen LogP contribution in [0.3, 0.4) is 0 Å². The van der Waals surface area contributed by atoms with E-state index in [-0.39, 0.29) is 0 Å². The molecule has 0 aliphatic heterocycles. The SMILES string of the molecule is Cn1c2cc3oc4ccccc4c3cc2c2cccc(-c3ccccc3)c21. The molecule has 0 spiro atoms. The third-order valence-corrected chi connectivity index (χ3v) is 5.60. The second-order valence-electron chi connectivity index (χ2n) is 7.09. The molecule has 128 valence electrons. The van der Waals surface area contributed by atoms with Crippen molar-refractivity contribution >= 4 is 43.7 Å². The first-order chi connectivity index (χ1) is 13.3. The molecule has 0 atom stereocenters. The Balaban J connectivity index is 1.78. The first-order valence-corrected chi connectivity index (χ1v) is 9.19. The van der Waals surface area contributed by atoms with E-state index < -0.39 is 0 Å². The largest absolute Gasteiger partial charge is 0.456 e. The number of rotatable bonds is 1. The lowest BCUT2D eigenvalue weighted by molar-refractivity contribution is 0.669. The number of hydrogen-bond acceptors (Lipinski definition) is 1. The van der Waals surface area contributed by atoms with Crippen LogP contribution in [0.5, 0.6) is 0 Å². The summed E-state index contributed by atoms with van der Waals surface area (Å²) in [5.41, 5.74) is 6.83. The third-order valence-electron chi connectivity index (χ3n) is 5.60. The van der Waals surface area contributed by atoms with Crippen LogP contribution in [0.1, 0.15) is 0 Å². The molecule has 4 aromatic carbocycles. The van der Waals surface area contributed by atoms with Gasteiger partial charge < -0.3 is 8.98 Å². The van der Waals surface area contributed by atoms with E-state index in [0.717, 1.165) is 11.2 Å². The van der Waals surface area contributed by atoms with E-state index in [0.29, 0.717) is 0 Å². The number of hydrogen-bond donors (Lipinski definition) is 0. The predicted octanol–water partition coefficient (Wildman–Crippen LogP) is 6.90. The maximum atomic E-state index is 6.11. The zero-order valence-electron chi connectivity index (χ0n) is 14.9. The number of aryl methyl sites for hydroxylation is 1. The Morgan fingerprint density at radius 3 is 2.30 bits per heavy atom. The van der Waals surface area contributed by atoms with E-state index in [1.54, 1.807) is 0 Å². The van der Waals surface area contributed by atoms with Gasteiger partial charge >= 0.3 is 0 Å². The molecule has 6 rings (SSSR count). The third kappa shape index (κ3) is 1.95. The molecule has 0 amide bonds. The Bertz CT molecular complexity index is 1470. The average molecular weight is 347 g/mol. The van der Waals surface area contributed by atoms with Crippen molar-refractivity contribution in [2.24, 2.45) is 7.05 Å². The zero-order valence-corrected chi connectivity index (χ0v) is 14.9. The van der Waals surface area contributed by atoms with Crippen molar-refractivity contribution in [3.8, 4) is 11.1 Å². The van der Waals surface area contributed by atoms with E-state index in [4.69, 9.17) is 4.42 Å². The van der Waals surface area contributed by atoms with Crippen molar-refractivity contribution in [1.29, 1.82) is 0 Å². The van der Waals surface area contributed by atoms with Crippen LogP contribution < -0.4 is 0 Å². The van der Waals surface area contributed by atoms with Crippen LogP contribution in [0.2, 0.25) is 0 Å². The van der Waals surface area contributed by atoms with Crippen molar-refractivity contribution < 1.29 is 4.42 Å². The Labute approximate surface area is 156 Å². The number of fused-ring (bicyclic) bond motifs is 6. The second kappa shape index (κ2) is 5.24. The lowest BCUT2D eigenvalue weighted by Gasteiger charge is -2.06. The van der Waals surface area contributed by atoms with Gasteiger partial charge in [-0.15, -0.1) is 0 Å². The molecule has 0 radical (unpaired) electrons. The fourth-order valence-corrected chi connectivity index (χ4v) is 4.35. The van der Waals surface area contributed by atoms with Gasteiger partial charge in [-0.2, -0.15) is 0 Å². The molecular formula is C25H17NO. The van der Waals surface area contributed by atoms with Gasteiger partial charge in [-0.3, -0.25) is 0 Å². The van der Waals surface area contributed by atoms with Gasteiger partial charge in [-0.1, -0.05) is 66.7 Å². The molecular weight excluding hydrogens is 330 g/mol. The minimum Gasteiger partial charge on any atom is -0.456 e. The van der Waals surface area contributed by atoms with Crippen LogP contribution in [-0.4, -0.2) is 4.57 Å². The van der Waals surface area contributed by atoms with Crippen molar-refractivity contribution in [2.75, 3.05) is 0 Å². The maximum absolute atomic E-state index is 6.11. The molecule has 0 aliphatic carbocycles. The number of para-hydroxylation sites is 2. The first kappa shape index (κ1) is 14.6. The van der Waals surface area contributed by atoms with Crippen LogP contribution >= 0.6 is 0 Å². The predicted molar refractivity (Wildman–Crippen MR) is 113 cm³/mol. The lowest BCUT2D eigenvalue weighted by Crippen LogP contribution is -1.89. The molecule has 2 nitrogen and oxygen atoms in total. The normalized spacial score (nSPS) is 11.9. The Morgan fingerprint density at radius 1 is 0.630 bits per heavy atom. The summed E-state index contributed by atoms with van der Waals surface area (Å²) in [6.07, 6.45) is 0. The molecule has 0 fully saturated rings. The monoisotopic (exact) mass is 347 g/mol. The summed E-state index contributed by atoms with van der Waals surface area (Å²) in [7, 11) is 2.14. The van der Waals surface area contributed by atoms with Crippen molar-refractivity contribution in [3.63, 3.8) is 0 Å². The number of furan rings is 1. The number of aromatic nitrogens is 1. The van der Waals surface area contributed by atoms with Crippen LogP contribution in [0.25, 0.3) is 54.9 Å². The summed E-state index contributed by atoms with van der Waals surface area (Å²) in [5.74, 6) is 0. The molecule has 0 bridgehead atoms. The molecule has 0 saturated carbocycles. The zero-order chi connectivity index (χ0) is 18.0. The van der Waals surface area contributed by atoms with E-state index in [2.05, 4.69) is 84.4 Å². The topological polar surface area (TPSA) is 18.1 Å². The van der Waals surface area contributed by atoms with Crippen LogP contribution in [0.4, 0.5) is 0 Å². The molecule has 0 aliphatic rings. The average Bonchev–Trinajstić information content (AvgIpc) is 3.23. The quantitative estimate of drug-likeness (QED) is 0.316. The molecule has 2 heteroatoms. The minimum atomic E-state index is 0.941. The number of nitrogens with zero attached hydrogens (tertiary/aromatic N) is 1. The van der Waals surface area contributed by atoms with Gasteiger partial charge in [0.25, 0.3) is 0 Å². The van der Waals surface area contributed by atoms with Gasteiger partial charge in [0.2, 0.25) is 0 Å². The standard InChI is InChI=1S/C25H17NO/c1-26-22-15-24-21(18-10-5-6-13-23(18)27-24)14-20(22)19-12-7-11-17(25(19)26)16-8-3-2-4-9-16/h2-15H,1H3. The molecule has 2 heterocycles. The lowest BCUT2D eigenvalue weighted by atomic mass is 10.0. The van der Waals surface area contributed by atoms with Gasteiger partial charge in [-0.25, -0.2) is 0 Å². The van der Waals surface area contributed by atoms with Gasteiger partial charge in [0, 0.05) is 40.2 Å². The van der Waals surface area contributed by atoms with Crippen molar-refractivity contribution in [3.05, 3.63) is 84.9 Å². The highest BCUT2D eigenvalue weighted by Crippen LogP contribution is 2.39. The highest BCUT2D eigenvalue weighted by molar-refractivity contribution is 6.18. The smallest absolute Gasteiger partial charge is 0.137 e. The van der Waals surface area contributed by atoms with Crippen molar-refractivity contribution in [2.45, 2.75) is 0 Å². The minimum absolute atomic E-state index is 0.941. The van der Waals surface area contributed by atoms with E-state index >= 15 is 0 Å². The Morgan fingerprint density at radius 2 is 1.41 bits per heavy atom. The summed E-state index contributed by atoms with van der Waals surface area (Å²) in [4.78, 5) is 0. The summed E-state index contributed by atoms with van der Waals surface area (Å²) < 4.78 is 8.40. The second-order valence-corrected chi connectivity index (χ2v) is 7.09. The van der Waals surface area contributed by atoms with Gasteiger partial charge in [0.15, 0.2) is 0 Å². The maximum Gasteiger partial charge on any atom is 0.137 e. The molecule has 0 N–H and O–H groups in total. The molecule has 6 aromatic rings. The van der Waals surface area contributed by atoms with Crippen molar-refractivity contribution in [1.82, 2.24) is 4.57 Å². The molecule has 2 aromatic heterocycles. The Kier molecular flexibility index (Phi) is 2.84. The molecule has 27 heavy (non-hydrogen) atoms. The fraction of sp³-hybridized carbons (Fsp3) is 0.0400. The van der Waals surface area contributed by atoms with Crippen LogP contribution in [0, 0.1) is 0 Å². The van der Waals surface area contributed by atoms with E-state index in [9.17, 15) is 0 Å². The fourth-order valence-electron chi connectivity index (χ4n) is 4.35. The van der Waals surface area contributed by atoms with Crippen LogP contribution in [-0.2, 0) is 7.05 Å². The first-order valence-electron chi connectivity index (χ1n) is 9.19. The highest BCUT2D eigenvalue weighted by Gasteiger charge is 2.16. The van der Waals surface area contributed by atoms with Gasteiger partial charge in [0.05, 0.1) is 11.0 Å². The van der Waals surface area contributed by atoms with Gasteiger partial charge in [0.1, 0.15) is 11.2 Å². The highest BCUT2D eigenvalue weighted by atomic mass is 16.3. The summed E-state index contributed by atoms with van der Waals surface area (Å²) in [6.45, 7) is 0. The molecule has 0 unspecified atom stereocenters.